The maximum Gasteiger partial charge on any atom is 0.127 e. The third-order valence-electron chi connectivity index (χ3n) is 2.31. The van der Waals surface area contributed by atoms with E-state index in [0.717, 1.165) is 5.69 Å². The SMILES string of the molecule is CC1(c2cc(N)ncn2)CC1. The average Bonchev–Trinajstić information content (AvgIpc) is 2.70. The maximum atomic E-state index is 5.53. The van der Waals surface area contributed by atoms with Gasteiger partial charge in [0.2, 0.25) is 0 Å². The van der Waals surface area contributed by atoms with E-state index >= 15 is 0 Å². The summed E-state index contributed by atoms with van der Waals surface area (Å²) in [4.78, 5) is 8.03. The van der Waals surface area contributed by atoms with Gasteiger partial charge in [-0.2, -0.15) is 0 Å². The Hall–Kier alpha value is -1.12. The molecule has 1 heterocycles. The predicted octanol–water partition coefficient (Wildman–Crippen LogP) is 1.11. The minimum atomic E-state index is 0.303. The molecule has 0 atom stereocenters. The molecule has 1 fully saturated rings. The number of hydrogen-bond acceptors (Lipinski definition) is 3. The maximum absolute atomic E-state index is 5.53. The van der Waals surface area contributed by atoms with Crippen LogP contribution in [0.25, 0.3) is 0 Å². The first-order valence-electron chi connectivity index (χ1n) is 3.79. The molecule has 3 heteroatoms. The average molecular weight is 149 g/mol. The highest BCUT2D eigenvalue weighted by Gasteiger charge is 2.40. The lowest BCUT2D eigenvalue weighted by Gasteiger charge is -2.05. The van der Waals surface area contributed by atoms with Crippen LogP contribution in [0, 0.1) is 0 Å². The van der Waals surface area contributed by atoms with Crippen molar-refractivity contribution in [1.29, 1.82) is 0 Å². The predicted molar refractivity (Wildman–Crippen MR) is 43.0 cm³/mol. The Labute approximate surface area is 65.7 Å². The fraction of sp³-hybridized carbons (Fsp3) is 0.500. The number of nitrogen functional groups attached to an aromatic ring is 1. The van der Waals surface area contributed by atoms with E-state index in [9.17, 15) is 0 Å². The lowest BCUT2D eigenvalue weighted by Crippen LogP contribution is -2.04. The molecular weight excluding hydrogens is 138 g/mol. The fourth-order valence-electron chi connectivity index (χ4n) is 1.15. The summed E-state index contributed by atoms with van der Waals surface area (Å²) in [6.07, 6.45) is 3.99. The largest absolute Gasteiger partial charge is 0.384 e. The van der Waals surface area contributed by atoms with Crippen LogP contribution in [0.15, 0.2) is 12.4 Å². The van der Waals surface area contributed by atoms with Gasteiger partial charge >= 0.3 is 0 Å². The van der Waals surface area contributed by atoms with Crippen molar-refractivity contribution < 1.29 is 0 Å². The molecule has 0 saturated heterocycles. The molecule has 1 aliphatic rings. The van der Waals surface area contributed by atoms with E-state index < -0.39 is 0 Å². The van der Waals surface area contributed by atoms with E-state index in [-0.39, 0.29) is 0 Å². The Kier molecular flexibility index (Phi) is 1.16. The lowest BCUT2D eigenvalue weighted by molar-refractivity contribution is 0.745. The van der Waals surface area contributed by atoms with Crippen molar-refractivity contribution >= 4 is 5.82 Å². The van der Waals surface area contributed by atoms with Gasteiger partial charge in [0, 0.05) is 11.5 Å². The third-order valence-corrected chi connectivity index (χ3v) is 2.31. The van der Waals surface area contributed by atoms with Crippen molar-refractivity contribution in [2.75, 3.05) is 5.73 Å². The number of hydrogen-bond donors (Lipinski definition) is 1. The molecule has 11 heavy (non-hydrogen) atoms. The second-order valence-electron chi connectivity index (χ2n) is 3.39. The molecule has 2 N–H and O–H groups in total. The van der Waals surface area contributed by atoms with Crippen LogP contribution in [-0.4, -0.2) is 9.97 Å². The summed E-state index contributed by atoms with van der Waals surface area (Å²) in [5, 5.41) is 0. The number of rotatable bonds is 1. The zero-order valence-corrected chi connectivity index (χ0v) is 6.54. The third kappa shape index (κ3) is 1.06. The van der Waals surface area contributed by atoms with Gasteiger partial charge in [-0.1, -0.05) is 6.92 Å². The topological polar surface area (TPSA) is 51.8 Å². The summed E-state index contributed by atoms with van der Waals surface area (Å²) in [5.74, 6) is 0.572. The summed E-state index contributed by atoms with van der Waals surface area (Å²) in [6.45, 7) is 2.20. The van der Waals surface area contributed by atoms with Gasteiger partial charge in [-0.15, -0.1) is 0 Å². The monoisotopic (exact) mass is 149 g/mol. The highest BCUT2D eigenvalue weighted by molar-refractivity contribution is 5.33. The molecule has 1 aromatic rings. The van der Waals surface area contributed by atoms with Crippen molar-refractivity contribution in [2.24, 2.45) is 0 Å². The summed E-state index contributed by atoms with van der Waals surface area (Å²) < 4.78 is 0. The van der Waals surface area contributed by atoms with Crippen molar-refractivity contribution in [2.45, 2.75) is 25.2 Å². The van der Waals surface area contributed by atoms with Gasteiger partial charge in [0.05, 0.1) is 5.69 Å². The molecule has 1 aromatic heterocycles. The molecule has 0 unspecified atom stereocenters. The molecule has 1 aliphatic carbocycles. The van der Waals surface area contributed by atoms with Gasteiger partial charge in [-0.25, -0.2) is 9.97 Å². The molecule has 0 aliphatic heterocycles. The molecule has 2 rings (SSSR count). The van der Waals surface area contributed by atoms with Crippen molar-refractivity contribution in [3.8, 4) is 0 Å². The van der Waals surface area contributed by atoms with Crippen LogP contribution in [0.3, 0.4) is 0 Å². The lowest BCUT2D eigenvalue weighted by atomic mass is 10.1. The second-order valence-corrected chi connectivity index (χ2v) is 3.39. The number of nitrogens with two attached hydrogens (primary N) is 1. The highest BCUT2D eigenvalue weighted by atomic mass is 14.9. The summed E-state index contributed by atoms with van der Waals surface area (Å²) in [7, 11) is 0. The van der Waals surface area contributed by atoms with E-state index in [4.69, 9.17) is 5.73 Å². The number of aromatic nitrogens is 2. The van der Waals surface area contributed by atoms with Crippen molar-refractivity contribution in [3.05, 3.63) is 18.1 Å². The van der Waals surface area contributed by atoms with Crippen LogP contribution in [0.1, 0.15) is 25.5 Å². The number of anilines is 1. The Morgan fingerprint density at radius 2 is 2.18 bits per heavy atom. The first-order chi connectivity index (χ1) is 5.21. The fourth-order valence-corrected chi connectivity index (χ4v) is 1.15. The highest BCUT2D eigenvalue weighted by Crippen LogP contribution is 2.46. The molecule has 1 saturated carbocycles. The molecular formula is C8H11N3. The Morgan fingerprint density at radius 3 is 2.73 bits per heavy atom. The van der Waals surface area contributed by atoms with Gasteiger partial charge < -0.3 is 5.73 Å². The zero-order valence-electron chi connectivity index (χ0n) is 6.54. The summed E-state index contributed by atoms with van der Waals surface area (Å²) in [5.41, 5.74) is 6.92. The molecule has 0 spiro atoms. The molecule has 0 aromatic carbocycles. The van der Waals surface area contributed by atoms with E-state index in [1.165, 1.54) is 19.2 Å². The van der Waals surface area contributed by atoms with Crippen LogP contribution in [0.4, 0.5) is 5.82 Å². The summed E-state index contributed by atoms with van der Waals surface area (Å²) >= 11 is 0. The van der Waals surface area contributed by atoms with Gasteiger partial charge in [0.15, 0.2) is 0 Å². The van der Waals surface area contributed by atoms with Crippen molar-refractivity contribution in [1.82, 2.24) is 9.97 Å². The van der Waals surface area contributed by atoms with Crippen molar-refractivity contribution in [3.63, 3.8) is 0 Å². The number of nitrogens with zero attached hydrogens (tertiary/aromatic N) is 2. The summed E-state index contributed by atoms with van der Waals surface area (Å²) in [6, 6.07) is 1.87. The van der Waals surface area contributed by atoms with Crippen LogP contribution in [0.5, 0.6) is 0 Å². The Morgan fingerprint density at radius 1 is 1.45 bits per heavy atom. The van der Waals surface area contributed by atoms with E-state index in [0.29, 0.717) is 11.2 Å². The molecule has 0 amide bonds. The zero-order chi connectivity index (χ0) is 7.90. The Balaban J connectivity index is 2.38. The first kappa shape index (κ1) is 6.58. The molecule has 58 valence electrons. The molecule has 0 bridgehead atoms. The van der Waals surface area contributed by atoms with Crippen LogP contribution < -0.4 is 5.73 Å². The van der Waals surface area contributed by atoms with E-state index in [2.05, 4.69) is 16.9 Å². The van der Waals surface area contributed by atoms with E-state index in [1.807, 2.05) is 6.07 Å². The van der Waals surface area contributed by atoms with Gasteiger partial charge in [-0.3, -0.25) is 0 Å². The standard InChI is InChI=1S/C8H11N3/c1-8(2-3-8)6-4-7(9)11-5-10-6/h4-5H,2-3H2,1H3,(H2,9,10,11). The Bertz CT molecular complexity index is 278. The minimum absolute atomic E-state index is 0.303. The quantitative estimate of drug-likeness (QED) is 0.650. The van der Waals surface area contributed by atoms with Crippen LogP contribution in [-0.2, 0) is 5.41 Å². The van der Waals surface area contributed by atoms with Gasteiger partial charge in [0.1, 0.15) is 12.1 Å². The van der Waals surface area contributed by atoms with Crippen LogP contribution >= 0.6 is 0 Å². The molecule has 3 nitrogen and oxygen atoms in total. The second kappa shape index (κ2) is 1.94. The van der Waals surface area contributed by atoms with Gasteiger partial charge in [-0.05, 0) is 12.8 Å². The van der Waals surface area contributed by atoms with Gasteiger partial charge in [0.25, 0.3) is 0 Å². The van der Waals surface area contributed by atoms with E-state index in [1.54, 1.807) is 0 Å². The normalized spacial score (nSPS) is 19.7. The minimum Gasteiger partial charge on any atom is -0.384 e. The first-order valence-corrected chi connectivity index (χ1v) is 3.79. The molecule has 0 radical (unpaired) electrons. The van der Waals surface area contributed by atoms with Crippen LogP contribution in [0.2, 0.25) is 0 Å². The smallest absolute Gasteiger partial charge is 0.127 e.